The minimum Gasteiger partial charge on any atom is -0.459 e. The van der Waals surface area contributed by atoms with Crippen LogP contribution in [0.2, 0.25) is 0 Å². The second-order valence-electron chi connectivity index (χ2n) is 8.73. The van der Waals surface area contributed by atoms with Gasteiger partial charge < -0.3 is 9.47 Å². The van der Waals surface area contributed by atoms with Gasteiger partial charge in [0.1, 0.15) is 22.5 Å². The maximum atomic E-state index is 13.0. The maximum Gasteiger partial charge on any atom is 0.329 e. The standard InChI is InChI=1S/C24H26N2O9S2/c1-36(30,31)15-10-21(26-22(27)19-4-2-3-5-20(19)23(26)28)24(29)35-16-17-6-8-18(9-7-17)37(32,33)25-11-13-34-14-12-25/h2-9,21H,10-16H2,1H3/t21-/m1/s1. The van der Waals surface area contributed by atoms with Crippen molar-refractivity contribution < 1.29 is 40.7 Å². The van der Waals surface area contributed by atoms with Crippen LogP contribution in [0.3, 0.4) is 0 Å². The number of sulfone groups is 1. The van der Waals surface area contributed by atoms with Crippen LogP contribution < -0.4 is 0 Å². The molecule has 4 rings (SSSR count). The van der Waals surface area contributed by atoms with Crippen molar-refractivity contribution >= 4 is 37.6 Å². The number of esters is 1. The summed E-state index contributed by atoms with van der Waals surface area (Å²) in [5.41, 5.74) is 0.724. The Morgan fingerprint density at radius 2 is 1.51 bits per heavy atom. The van der Waals surface area contributed by atoms with E-state index in [4.69, 9.17) is 9.47 Å². The zero-order valence-corrected chi connectivity index (χ0v) is 21.7. The van der Waals surface area contributed by atoms with Gasteiger partial charge in [-0.25, -0.2) is 21.6 Å². The second kappa shape index (κ2) is 10.7. The van der Waals surface area contributed by atoms with E-state index in [1.807, 2.05) is 0 Å². The van der Waals surface area contributed by atoms with Crippen LogP contribution in [-0.2, 0) is 40.7 Å². The monoisotopic (exact) mass is 550 g/mol. The van der Waals surface area contributed by atoms with Crippen LogP contribution in [0.15, 0.2) is 53.4 Å². The summed E-state index contributed by atoms with van der Waals surface area (Å²) in [7, 11) is -7.19. The van der Waals surface area contributed by atoms with Crippen molar-refractivity contribution in [1.29, 1.82) is 0 Å². The van der Waals surface area contributed by atoms with E-state index in [1.54, 1.807) is 12.1 Å². The third kappa shape index (κ3) is 5.90. The minimum atomic E-state index is -3.69. The lowest BCUT2D eigenvalue weighted by molar-refractivity contribution is -0.149. The number of carbonyl (C=O) groups is 3. The summed E-state index contributed by atoms with van der Waals surface area (Å²) in [6, 6.07) is 10.4. The van der Waals surface area contributed by atoms with E-state index in [1.165, 1.54) is 40.7 Å². The van der Waals surface area contributed by atoms with E-state index >= 15 is 0 Å². The molecule has 11 nitrogen and oxygen atoms in total. The molecular weight excluding hydrogens is 524 g/mol. The van der Waals surface area contributed by atoms with Crippen LogP contribution in [0.5, 0.6) is 0 Å². The fraction of sp³-hybridized carbons (Fsp3) is 0.375. The molecule has 0 saturated carbocycles. The number of ether oxygens (including phenoxy) is 2. The van der Waals surface area contributed by atoms with Gasteiger partial charge in [-0.15, -0.1) is 0 Å². The van der Waals surface area contributed by atoms with Crippen molar-refractivity contribution in [3.05, 3.63) is 65.2 Å². The lowest BCUT2D eigenvalue weighted by Crippen LogP contribution is -2.46. The van der Waals surface area contributed by atoms with Gasteiger partial charge in [0.25, 0.3) is 11.8 Å². The van der Waals surface area contributed by atoms with Crippen LogP contribution >= 0.6 is 0 Å². The summed E-state index contributed by atoms with van der Waals surface area (Å²) < 4.78 is 60.9. The fourth-order valence-electron chi connectivity index (χ4n) is 4.11. The highest BCUT2D eigenvalue weighted by atomic mass is 32.2. The molecule has 2 aromatic rings. The van der Waals surface area contributed by atoms with Gasteiger partial charge in [-0.1, -0.05) is 24.3 Å². The Kier molecular flexibility index (Phi) is 7.78. The zero-order chi connectivity index (χ0) is 26.8. The number of nitrogens with zero attached hydrogens (tertiary/aromatic N) is 2. The van der Waals surface area contributed by atoms with Gasteiger partial charge in [0.15, 0.2) is 0 Å². The van der Waals surface area contributed by atoms with Gasteiger partial charge in [-0.3, -0.25) is 14.5 Å². The summed E-state index contributed by atoms with van der Waals surface area (Å²) in [5.74, 6) is -2.78. The molecule has 2 aliphatic heterocycles. The molecule has 1 atom stereocenters. The highest BCUT2D eigenvalue weighted by Crippen LogP contribution is 2.27. The van der Waals surface area contributed by atoms with Gasteiger partial charge in [0.05, 0.1) is 35.0 Å². The molecular formula is C24H26N2O9S2. The molecule has 0 aromatic heterocycles. The number of fused-ring (bicyclic) bond motifs is 1. The highest BCUT2D eigenvalue weighted by molar-refractivity contribution is 7.90. The number of amides is 2. The maximum absolute atomic E-state index is 13.0. The summed E-state index contributed by atoms with van der Waals surface area (Å²) in [5, 5.41) is 0. The van der Waals surface area contributed by atoms with Crippen molar-refractivity contribution in [2.75, 3.05) is 38.3 Å². The Morgan fingerprint density at radius 3 is 2.05 bits per heavy atom. The number of carbonyl (C=O) groups excluding carboxylic acids is 3. The smallest absolute Gasteiger partial charge is 0.329 e. The van der Waals surface area contributed by atoms with E-state index < -0.39 is 49.4 Å². The summed E-state index contributed by atoms with van der Waals surface area (Å²) in [6.07, 6.45) is 0.671. The number of rotatable bonds is 9. The molecule has 2 heterocycles. The van der Waals surface area contributed by atoms with E-state index in [9.17, 15) is 31.2 Å². The Balaban J connectivity index is 1.48. The SMILES string of the molecule is CS(=O)(=O)CC[C@H](C(=O)OCc1ccc(S(=O)(=O)N2CCOCC2)cc1)N1C(=O)c2ccccc2C1=O. The van der Waals surface area contributed by atoms with E-state index in [0.717, 1.165) is 11.2 Å². The predicted molar refractivity (Wildman–Crippen MR) is 131 cm³/mol. The molecule has 0 bridgehead atoms. The van der Waals surface area contributed by atoms with Gasteiger partial charge >= 0.3 is 5.97 Å². The van der Waals surface area contributed by atoms with Crippen molar-refractivity contribution in [2.45, 2.75) is 24.0 Å². The van der Waals surface area contributed by atoms with Crippen molar-refractivity contribution in [2.24, 2.45) is 0 Å². The molecule has 0 spiro atoms. The summed E-state index contributed by atoms with van der Waals surface area (Å²) in [6.45, 7) is 0.889. The molecule has 1 saturated heterocycles. The van der Waals surface area contributed by atoms with Crippen molar-refractivity contribution in [3.63, 3.8) is 0 Å². The van der Waals surface area contributed by atoms with E-state index in [-0.39, 0.29) is 42.1 Å². The van der Waals surface area contributed by atoms with E-state index in [0.29, 0.717) is 18.8 Å². The van der Waals surface area contributed by atoms with Crippen molar-refractivity contribution in [1.82, 2.24) is 9.21 Å². The molecule has 198 valence electrons. The first-order valence-electron chi connectivity index (χ1n) is 11.5. The largest absolute Gasteiger partial charge is 0.459 e. The molecule has 2 aromatic carbocycles. The van der Waals surface area contributed by atoms with Gasteiger partial charge in [-0.05, 0) is 36.2 Å². The summed E-state index contributed by atoms with van der Waals surface area (Å²) in [4.78, 5) is 39.6. The Bertz CT molecular complexity index is 1380. The third-order valence-electron chi connectivity index (χ3n) is 6.08. The molecule has 1 fully saturated rings. The Morgan fingerprint density at radius 1 is 0.946 bits per heavy atom. The summed E-state index contributed by atoms with van der Waals surface area (Å²) >= 11 is 0. The number of morpholine rings is 1. The molecule has 2 aliphatic rings. The predicted octanol–water partition coefficient (Wildman–Crippen LogP) is 0.850. The molecule has 13 heteroatoms. The van der Waals surface area contributed by atoms with Crippen molar-refractivity contribution in [3.8, 4) is 0 Å². The Hall–Kier alpha value is -3.13. The molecule has 0 unspecified atom stereocenters. The molecule has 37 heavy (non-hydrogen) atoms. The topological polar surface area (TPSA) is 144 Å². The van der Waals surface area contributed by atoms with Gasteiger partial charge in [0.2, 0.25) is 10.0 Å². The van der Waals surface area contributed by atoms with Crippen LogP contribution in [0, 0.1) is 0 Å². The van der Waals surface area contributed by atoms with Crippen LogP contribution in [0.25, 0.3) is 0 Å². The number of hydrogen-bond donors (Lipinski definition) is 0. The molecule has 0 aliphatic carbocycles. The lowest BCUT2D eigenvalue weighted by atomic mass is 10.1. The highest BCUT2D eigenvalue weighted by Gasteiger charge is 2.43. The first-order valence-corrected chi connectivity index (χ1v) is 15.0. The van der Waals surface area contributed by atoms with Crippen LogP contribution in [-0.4, -0.2) is 88.2 Å². The van der Waals surface area contributed by atoms with Crippen LogP contribution in [0.1, 0.15) is 32.7 Å². The number of benzene rings is 2. The van der Waals surface area contributed by atoms with Crippen LogP contribution in [0.4, 0.5) is 0 Å². The normalized spacial score (nSPS) is 17.5. The minimum absolute atomic E-state index is 0.0848. The molecule has 0 radical (unpaired) electrons. The lowest BCUT2D eigenvalue weighted by Gasteiger charge is -2.26. The quantitative estimate of drug-likeness (QED) is 0.328. The third-order valence-corrected chi connectivity index (χ3v) is 8.97. The van der Waals surface area contributed by atoms with E-state index in [2.05, 4.69) is 0 Å². The molecule has 2 amide bonds. The number of imide groups is 1. The number of sulfonamides is 1. The average molecular weight is 551 g/mol. The molecule has 0 N–H and O–H groups in total. The zero-order valence-electron chi connectivity index (χ0n) is 20.0. The first kappa shape index (κ1) is 26.9. The van der Waals surface area contributed by atoms with Gasteiger partial charge in [-0.2, -0.15) is 4.31 Å². The average Bonchev–Trinajstić information content (AvgIpc) is 3.13. The second-order valence-corrected chi connectivity index (χ2v) is 12.9. The first-order chi connectivity index (χ1) is 17.5. The number of hydrogen-bond acceptors (Lipinski definition) is 9. The van der Waals surface area contributed by atoms with Gasteiger partial charge in [0, 0.05) is 19.3 Å². The fourth-order valence-corrected chi connectivity index (χ4v) is 6.17. The Labute approximate surface area is 214 Å².